The first-order valence-corrected chi connectivity index (χ1v) is 14.0. The van der Waals surface area contributed by atoms with Gasteiger partial charge in [0, 0.05) is 24.6 Å². The number of carbonyl (C=O) groups excluding carboxylic acids is 1. The van der Waals surface area contributed by atoms with Crippen molar-refractivity contribution in [1.29, 1.82) is 0 Å². The minimum absolute atomic E-state index is 0.171. The highest BCUT2D eigenvalue weighted by molar-refractivity contribution is 7.17. The van der Waals surface area contributed by atoms with Crippen molar-refractivity contribution in [3.05, 3.63) is 82.5 Å². The van der Waals surface area contributed by atoms with Gasteiger partial charge in [-0.2, -0.15) is 0 Å². The van der Waals surface area contributed by atoms with Crippen LogP contribution in [0, 0.1) is 12.7 Å². The van der Waals surface area contributed by atoms with Gasteiger partial charge in [0.15, 0.2) is 0 Å². The fourth-order valence-electron chi connectivity index (χ4n) is 4.00. The lowest BCUT2D eigenvalue weighted by atomic mass is 9.96. The average molecular weight is 581 g/mol. The maximum atomic E-state index is 14.9. The number of aryl methyl sites for hydroxylation is 1. The lowest BCUT2D eigenvalue weighted by molar-refractivity contribution is 0.0579. The van der Waals surface area contributed by atoms with Crippen LogP contribution in [-0.2, 0) is 4.74 Å². The Kier molecular flexibility index (Phi) is 10.9. The third kappa shape index (κ3) is 7.86. The molecule has 41 heavy (non-hydrogen) atoms. The Labute approximate surface area is 245 Å². The maximum absolute atomic E-state index is 14.9. The summed E-state index contributed by atoms with van der Waals surface area (Å²) in [4.78, 5) is 17.5. The highest BCUT2D eigenvalue weighted by atomic mass is 32.1. The fourth-order valence-corrected chi connectivity index (χ4v) is 4.59. The number of nitrogens with one attached hydrogen (secondary N) is 1. The minimum atomic E-state index is -0.511. The second-order valence-corrected chi connectivity index (χ2v) is 10.7. The molecule has 2 heterocycles. The summed E-state index contributed by atoms with van der Waals surface area (Å²) in [5.74, 6) is -0.711. The molecule has 0 radical (unpaired) electrons. The van der Waals surface area contributed by atoms with Crippen molar-refractivity contribution in [2.75, 3.05) is 26.1 Å². The first kappa shape index (κ1) is 31.6. The Morgan fingerprint density at radius 3 is 2.61 bits per heavy atom. The monoisotopic (exact) mass is 580 g/mol. The number of anilines is 1. The van der Waals surface area contributed by atoms with E-state index in [0.717, 1.165) is 28.9 Å². The summed E-state index contributed by atoms with van der Waals surface area (Å²) < 4.78 is 31.8. The number of benzene rings is 1. The van der Waals surface area contributed by atoms with E-state index in [1.54, 1.807) is 32.2 Å². The summed E-state index contributed by atoms with van der Waals surface area (Å²) in [6.45, 7) is 12.2. The lowest BCUT2D eigenvalue weighted by Gasteiger charge is -2.24. The molecule has 1 amide bonds. The van der Waals surface area contributed by atoms with Gasteiger partial charge < -0.3 is 14.2 Å². The van der Waals surface area contributed by atoms with Gasteiger partial charge in [-0.15, -0.1) is 5.10 Å². The standard InChI is InChI=1S/C31H37FN4O4S/c1-9-19(3)21(14-15-22(10-2)31(5,6)39-8)18-40-30-36-35-29(41-30)34-28(37)24-17-33-20(4)16-23(24)27-25(32)12-11-13-26(27)38-7/h10-17H,9,18H2,1-8H3,(H,34,35,37)/b15-14-,21-19+,22-10+. The summed E-state index contributed by atoms with van der Waals surface area (Å²) >= 11 is 1.10. The Morgan fingerprint density at radius 1 is 1.20 bits per heavy atom. The molecular weight excluding hydrogens is 543 g/mol. The molecule has 2 aromatic heterocycles. The first-order chi connectivity index (χ1) is 19.5. The summed E-state index contributed by atoms with van der Waals surface area (Å²) in [5, 5.41) is 11.4. The number of methoxy groups -OCH3 is 2. The molecule has 0 fully saturated rings. The van der Waals surface area contributed by atoms with Crippen molar-refractivity contribution in [3.8, 4) is 22.1 Å². The van der Waals surface area contributed by atoms with Crippen molar-refractivity contribution in [2.24, 2.45) is 0 Å². The van der Waals surface area contributed by atoms with Gasteiger partial charge in [0.25, 0.3) is 11.1 Å². The molecule has 1 aromatic carbocycles. The van der Waals surface area contributed by atoms with Crippen LogP contribution in [0.3, 0.4) is 0 Å². The number of hydrogen-bond acceptors (Lipinski definition) is 8. The molecule has 0 bridgehead atoms. The van der Waals surface area contributed by atoms with Crippen LogP contribution in [0.1, 0.15) is 57.1 Å². The van der Waals surface area contributed by atoms with Gasteiger partial charge in [-0.3, -0.25) is 15.1 Å². The number of amides is 1. The third-order valence-corrected chi connectivity index (χ3v) is 7.54. The summed E-state index contributed by atoms with van der Waals surface area (Å²) in [7, 11) is 3.14. The van der Waals surface area contributed by atoms with Crippen LogP contribution in [0.2, 0.25) is 0 Å². The predicted molar refractivity (Wildman–Crippen MR) is 161 cm³/mol. The number of ether oxygens (including phenoxy) is 3. The zero-order chi connectivity index (χ0) is 30.2. The number of aromatic nitrogens is 3. The van der Waals surface area contributed by atoms with Gasteiger partial charge in [0.05, 0.1) is 23.8 Å². The topological polar surface area (TPSA) is 95.5 Å². The van der Waals surface area contributed by atoms with Crippen LogP contribution in [0.4, 0.5) is 9.52 Å². The van der Waals surface area contributed by atoms with Crippen molar-refractivity contribution in [2.45, 2.75) is 53.6 Å². The molecule has 1 N–H and O–H groups in total. The highest BCUT2D eigenvalue weighted by Gasteiger charge is 2.22. The number of pyridine rings is 1. The Bertz CT molecular complexity index is 1480. The van der Waals surface area contributed by atoms with E-state index >= 15 is 0 Å². The zero-order valence-electron chi connectivity index (χ0n) is 24.8. The Morgan fingerprint density at radius 2 is 1.95 bits per heavy atom. The quantitative estimate of drug-likeness (QED) is 0.224. The molecular formula is C31H37FN4O4S. The third-order valence-electron chi connectivity index (χ3n) is 6.79. The largest absolute Gasteiger partial charge is 0.496 e. The van der Waals surface area contributed by atoms with Crippen molar-refractivity contribution in [3.63, 3.8) is 0 Å². The van der Waals surface area contributed by atoms with Gasteiger partial charge >= 0.3 is 0 Å². The predicted octanol–water partition coefficient (Wildman–Crippen LogP) is 7.34. The van der Waals surface area contributed by atoms with Gasteiger partial charge in [0.1, 0.15) is 18.2 Å². The summed E-state index contributed by atoms with van der Waals surface area (Å²) in [6.07, 6.45) is 8.35. The van der Waals surface area contributed by atoms with E-state index in [1.165, 1.54) is 24.9 Å². The number of halogens is 1. The van der Waals surface area contributed by atoms with E-state index in [-0.39, 0.29) is 22.9 Å². The molecule has 0 saturated heterocycles. The van der Waals surface area contributed by atoms with E-state index in [9.17, 15) is 9.18 Å². The number of nitrogens with zero attached hydrogens (tertiary/aromatic N) is 3. The van der Waals surface area contributed by atoms with Crippen molar-refractivity contribution >= 4 is 22.4 Å². The molecule has 10 heteroatoms. The van der Waals surface area contributed by atoms with Crippen molar-refractivity contribution < 1.29 is 23.4 Å². The molecule has 0 aliphatic heterocycles. The lowest BCUT2D eigenvalue weighted by Crippen LogP contribution is -2.24. The average Bonchev–Trinajstić information content (AvgIpc) is 3.40. The smallest absolute Gasteiger partial charge is 0.296 e. The fraction of sp³-hybridized carbons (Fsp3) is 0.355. The van der Waals surface area contributed by atoms with Crippen LogP contribution >= 0.6 is 11.3 Å². The molecule has 3 aromatic rings. The van der Waals surface area contributed by atoms with Crippen LogP contribution in [0.5, 0.6) is 10.9 Å². The number of hydrogen-bond donors (Lipinski definition) is 1. The Hall–Kier alpha value is -3.89. The molecule has 0 aliphatic carbocycles. The van der Waals surface area contributed by atoms with Gasteiger partial charge in [-0.1, -0.05) is 41.9 Å². The summed E-state index contributed by atoms with van der Waals surface area (Å²) in [5.41, 5.74) is 4.14. The van der Waals surface area contributed by atoms with Gasteiger partial charge in [-0.25, -0.2) is 4.39 Å². The van der Waals surface area contributed by atoms with Crippen molar-refractivity contribution in [1.82, 2.24) is 15.2 Å². The SMILES string of the molecule is C\C=C(/C=C\C(COc1nnc(NC(=O)c2cnc(C)cc2-c2c(F)cccc2OC)s1)=C(\C)CC)C(C)(C)OC. The zero-order valence-corrected chi connectivity index (χ0v) is 25.6. The Balaban J connectivity index is 1.78. The second kappa shape index (κ2) is 14.1. The maximum Gasteiger partial charge on any atom is 0.296 e. The van der Waals surface area contributed by atoms with E-state index in [4.69, 9.17) is 14.2 Å². The molecule has 8 nitrogen and oxygen atoms in total. The van der Waals surface area contributed by atoms with Crippen LogP contribution < -0.4 is 14.8 Å². The normalized spacial score (nSPS) is 12.9. The molecule has 0 unspecified atom stereocenters. The van der Waals surface area contributed by atoms with Crippen LogP contribution in [-0.4, -0.2) is 47.5 Å². The molecule has 0 atom stereocenters. The van der Waals surface area contributed by atoms with E-state index in [0.29, 0.717) is 22.2 Å². The van der Waals surface area contributed by atoms with E-state index < -0.39 is 17.3 Å². The van der Waals surface area contributed by atoms with Crippen LogP contribution in [0.25, 0.3) is 11.1 Å². The number of rotatable bonds is 12. The van der Waals surface area contributed by atoms with Gasteiger partial charge in [-0.05, 0) is 81.7 Å². The minimum Gasteiger partial charge on any atom is -0.496 e. The molecule has 0 spiro atoms. The van der Waals surface area contributed by atoms with Gasteiger partial charge in [0.2, 0.25) is 5.13 Å². The van der Waals surface area contributed by atoms with Crippen LogP contribution in [0.15, 0.2) is 65.4 Å². The highest BCUT2D eigenvalue weighted by Crippen LogP contribution is 2.35. The number of allylic oxidation sites excluding steroid dienone is 2. The molecule has 218 valence electrons. The first-order valence-electron chi connectivity index (χ1n) is 13.2. The second-order valence-electron chi connectivity index (χ2n) is 9.76. The number of carbonyl (C=O) groups is 1. The van der Waals surface area contributed by atoms with E-state index in [1.807, 2.05) is 39.0 Å². The molecule has 0 aliphatic rings. The van der Waals surface area contributed by atoms with E-state index in [2.05, 4.69) is 34.3 Å². The molecule has 3 rings (SSSR count). The summed E-state index contributed by atoms with van der Waals surface area (Å²) in [6, 6.07) is 6.15. The molecule has 0 saturated carbocycles.